The lowest BCUT2D eigenvalue weighted by Gasteiger charge is -2.25. The molecule has 0 spiro atoms. The zero-order valence-electron chi connectivity index (χ0n) is 15.3. The molecule has 1 N–H and O–H groups in total. The van der Waals surface area contributed by atoms with Gasteiger partial charge in [0.15, 0.2) is 5.78 Å². The van der Waals surface area contributed by atoms with Gasteiger partial charge in [-0.1, -0.05) is 31.0 Å². The van der Waals surface area contributed by atoms with E-state index >= 15 is 0 Å². The number of hydrogen-bond acceptors (Lipinski definition) is 2. The second kappa shape index (κ2) is 6.11. The molecule has 1 unspecified atom stereocenters. The van der Waals surface area contributed by atoms with Crippen molar-refractivity contribution in [3.63, 3.8) is 0 Å². The number of aromatic nitrogens is 3. The Morgan fingerprint density at radius 1 is 1.19 bits per heavy atom. The number of nitrogens with zero attached hydrogens (tertiary/aromatic N) is 2. The zero-order chi connectivity index (χ0) is 17.7. The molecule has 1 fully saturated rings. The van der Waals surface area contributed by atoms with E-state index in [0.29, 0.717) is 11.8 Å². The molecule has 1 aromatic carbocycles. The minimum absolute atomic E-state index is 0.0485. The maximum Gasteiger partial charge on any atom is 0.168 e. The first kappa shape index (κ1) is 15.9. The first-order chi connectivity index (χ1) is 12.7. The molecule has 3 aromatic rings. The van der Waals surface area contributed by atoms with Crippen LogP contribution in [0.5, 0.6) is 0 Å². The van der Waals surface area contributed by atoms with Crippen molar-refractivity contribution in [2.24, 2.45) is 5.92 Å². The average Bonchev–Trinajstić information content (AvgIpc) is 3.36. The maximum atomic E-state index is 13.4. The van der Waals surface area contributed by atoms with Gasteiger partial charge < -0.3 is 9.55 Å². The molecule has 2 heterocycles. The van der Waals surface area contributed by atoms with Gasteiger partial charge in [-0.2, -0.15) is 0 Å². The number of nitrogens with one attached hydrogen (secondary N) is 1. The number of Topliss-reactive ketones (excluding diaryl/α,β-unsaturated/α-hetero) is 1. The molecule has 0 bridgehead atoms. The highest BCUT2D eigenvalue weighted by atomic mass is 16.1. The van der Waals surface area contributed by atoms with Crippen molar-refractivity contribution in [3.8, 4) is 0 Å². The van der Waals surface area contributed by atoms with Crippen LogP contribution in [0.4, 0.5) is 0 Å². The van der Waals surface area contributed by atoms with E-state index in [-0.39, 0.29) is 5.92 Å². The minimum atomic E-state index is 0.0485. The molecule has 4 heteroatoms. The van der Waals surface area contributed by atoms with Crippen molar-refractivity contribution in [1.29, 1.82) is 0 Å². The van der Waals surface area contributed by atoms with Gasteiger partial charge in [-0.05, 0) is 38.7 Å². The Kier molecular flexibility index (Phi) is 3.73. The van der Waals surface area contributed by atoms with Crippen LogP contribution in [0.3, 0.4) is 0 Å². The normalized spacial score (nSPS) is 20.8. The van der Waals surface area contributed by atoms with Crippen LogP contribution in [0.2, 0.25) is 0 Å². The van der Waals surface area contributed by atoms with Gasteiger partial charge in [-0.15, -0.1) is 0 Å². The average molecular weight is 347 g/mol. The fraction of sp³-hybridized carbons (Fsp3) is 0.455. The van der Waals surface area contributed by atoms with Gasteiger partial charge in [0.05, 0.1) is 12.0 Å². The summed E-state index contributed by atoms with van der Waals surface area (Å²) in [6.07, 6.45) is 9.51. The topological polar surface area (TPSA) is 50.7 Å². The Morgan fingerprint density at radius 2 is 2.00 bits per heavy atom. The number of imidazole rings is 1. The van der Waals surface area contributed by atoms with Gasteiger partial charge in [0.2, 0.25) is 0 Å². The van der Waals surface area contributed by atoms with Gasteiger partial charge in [0.1, 0.15) is 0 Å². The van der Waals surface area contributed by atoms with Crippen molar-refractivity contribution in [3.05, 3.63) is 53.2 Å². The van der Waals surface area contributed by atoms with E-state index in [0.717, 1.165) is 41.6 Å². The lowest BCUT2D eigenvalue weighted by atomic mass is 9.82. The molecular weight excluding hydrogens is 322 g/mol. The first-order valence-electron chi connectivity index (χ1n) is 9.89. The number of carbonyl (C=O) groups is 1. The molecule has 26 heavy (non-hydrogen) atoms. The lowest BCUT2D eigenvalue weighted by Crippen LogP contribution is -2.26. The van der Waals surface area contributed by atoms with Crippen molar-refractivity contribution in [2.45, 2.75) is 57.9 Å². The summed E-state index contributed by atoms with van der Waals surface area (Å²) in [4.78, 5) is 21.0. The maximum absolute atomic E-state index is 13.4. The fourth-order valence-electron chi connectivity index (χ4n) is 5.08. The summed E-state index contributed by atoms with van der Waals surface area (Å²) in [5.74, 6) is 0.369. The monoisotopic (exact) mass is 347 g/mol. The number of fused-ring (bicyclic) bond motifs is 3. The van der Waals surface area contributed by atoms with E-state index < -0.39 is 0 Å². The second-order valence-electron chi connectivity index (χ2n) is 7.93. The lowest BCUT2D eigenvalue weighted by molar-refractivity contribution is 0.0901. The van der Waals surface area contributed by atoms with Crippen molar-refractivity contribution in [1.82, 2.24) is 14.5 Å². The van der Waals surface area contributed by atoms with Gasteiger partial charge >= 0.3 is 0 Å². The van der Waals surface area contributed by atoms with Crippen LogP contribution in [-0.2, 0) is 12.8 Å². The minimum Gasteiger partial charge on any atom is -0.348 e. The molecule has 1 saturated carbocycles. The third-order valence-corrected chi connectivity index (χ3v) is 6.42. The number of para-hydroxylation sites is 1. The Hall–Kier alpha value is -2.36. The molecular formula is C22H25N3O. The molecule has 0 saturated heterocycles. The predicted octanol–water partition coefficient (Wildman–Crippen LogP) is 4.78. The summed E-state index contributed by atoms with van der Waals surface area (Å²) in [5.41, 5.74) is 5.66. The standard InChI is InChI=1S/C22H25N3O/c1-14-18(24-13-23-14)12-15-10-11-20-21(22(15)26)17-8-4-5-9-19(17)25(20)16-6-2-3-7-16/h4-5,8-9,13,15-16H,2-3,6-7,10-12H2,1H3,(H,23,24). The van der Waals surface area contributed by atoms with E-state index in [2.05, 4.69) is 38.8 Å². The number of ketones is 1. The molecule has 2 aliphatic carbocycles. The van der Waals surface area contributed by atoms with Gasteiger partial charge in [-0.3, -0.25) is 4.79 Å². The van der Waals surface area contributed by atoms with E-state index in [1.54, 1.807) is 6.33 Å². The third-order valence-electron chi connectivity index (χ3n) is 6.42. The highest BCUT2D eigenvalue weighted by molar-refractivity contribution is 6.11. The van der Waals surface area contributed by atoms with Crippen LogP contribution >= 0.6 is 0 Å². The number of benzene rings is 1. The smallest absolute Gasteiger partial charge is 0.168 e. The van der Waals surface area contributed by atoms with Crippen molar-refractivity contribution >= 4 is 16.7 Å². The van der Waals surface area contributed by atoms with Crippen molar-refractivity contribution < 1.29 is 4.79 Å². The summed E-state index contributed by atoms with van der Waals surface area (Å²) in [6, 6.07) is 9.08. The fourth-order valence-corrected chi connectivity index (χ4v) is 5.08. The largest absolute Gasteiger partial charge is 0.348 e. The number of H-pyrrole nitrogens is 1. The number of aryl methyl sites for hydroxylation is 1. The number of aromatic amines is 1. The van der Waals surface area contributed by atoms with E-state index in [1.807, 2.05) is 6.92 Å². The molecule has 1 atom stereocenters. The first-order valence-corrected chi connectivity index (χ1v) is 9.89. The quantitative estimate of drug-likeness (QED) is 0.741. The molecule has 5 rings (SSSR count). The summed E-state index contributed by atoms with van der Waals surface area (Å²) < 4.78 is 2.52. The van der Waals surface area contributed by atoms with Crippen LogP contribution in [0.1, 0.15) is 65.6 Å². The van der Waals surface area contributed by atoms with E-state index in [9.17, 15) is 4.79 Å². The SMILES string of the molecule is Cc1[nH]cnc1CC1CCc2c(c3ccccc3n2C2CCCC2)C1=O. The van der Waals surface area contributed by atoms with Crippen LogP contribution < -0.4 is 0 Å². The second-order valence-corrected chi connectivity index (χ2v) is 7.93. The molecule has 4 nitrogen and oxygen atoms in total. The highest BCUT2D eigenvalue weighted by Crippen LogP contribution is 2.41. The van der Waals surface area contributed by atoms with Gasteiger partial charge in [0, 0.05) is 46.2 Å². The summed E-state index contributed by atoms with van der Waals surface area (Å²) in [7, 11) is 0. The molecule has 0 radical (unpaired) electrons. The summed E-state index contributed by atoms with van der Waals surface area (Å²) in [5, 5.41) is 1.16. The summed E-state index contributed by atoms with van der Waals surface area (Å²) >= 11 is 0. The number of hydrogen-bond donors (Lipinski definition) is 1. The third kappa shape index (κ3) is 2.35. The van der Waals surface area contributed by atoms with Crippen LogP contribution in [0.15, 0.2) is 30.6 Å². The molecule has 0 aliphatic heterocycles. The molecule has 2 aliphatic rings. The summed E-state index contributed by atoms with van der Waals surface area (Å²) in [6.45, 7) is 2.03. The van der Waals surface area contributed by atoms with E-state index in [4.69, 9.17) is 0 Å². The van der Waals surface area contributed by atoms with E-state index in [1.165, 1.54) is 36.9 Å². The van der Waals surface area contributed by atoms with Crippen LogP contribution in [0, 0.1) is 12.8 Å². The Morgan fingerprint density at radius 3 is 2.77 bits per heavy atom. The highest BCUT2D eigenvalue weighted by Gasteiger charge is 2.35. The van der Waals surface area contributed by atoms with Crippen LogP contribution in [-0.4, -0.2) is 20.3 Å². The Balaban J connectivity index is 1.59. The molecule has 134 valence electrons. The zero-order valence-corrected chi connectivity index (χ0v) is 15.3. The van der Waals surface area contributed by atoms with Gasteiger partial charge in [0.25, 0.3) is 0 Å². The van der Waals surface area contributed by atoms with Crippen LogP contribution in [0.25, 0.3) is 10.9 Å². The molecule has 0 amide bonds. The van der Waals surface area contributed by atoms with Gasteiger partial charge in [-0.25, -0.2) is 4.98 Å². The molecule has 2 aromatic heterocycles. The number of rotatable bonds is 3. The number of carbonyl (C=O) groups excluding carboxylic acids is 1. The Bertz CT molecular complexity index is 975. The van der Waals surface area contributed by atoms with Crippen molar-refractivity contribution in [2.75, 3.05) is 0 Å². The Labute approximate surface area is 153 Å². The predicted molar refractivity (Wildman–Crippen MR) is 103 cm³/mol.